The molecule has 0 spiro atoms. The van der Waals surface area contributed by atoms with Crippen molar-refractivity contribution >= 4 is 21.4 Å². The maximum absolute atomic E-state index is 13.2. The van der Waals surface area contributed by atoms with Gasteiger partial charge in [0.15, 0.2) is 0 Å². The van der Waals surface area contributed by atoms with E-state index in [-0.39, 0.29) is 4.90 Å². The summed E-state index contributed by atoms with van der Waals surface area (Å²) in [5.41, 5.74) is 2.04. The van der Waals surface area contributed by atoms with Crippen molar-refractivity contribution in [3.63, 3.8) is 0 Å². The van der Waals surface area contributed by atoms with Gasteiger partial charge in [-0.2, -0.15) is 0 Å². The molecule has 0 aliphatic carbocycles. The molecule has 0 amide bonds. The molecule has 7 nitrogen and oxygen atoms in total. The van der Waals surface area contributed by atoms with Gasteiger partial charge < -0.3 is 19.4 Å². The number of nitrogens with one attached hydrogen (secondary N) is 2. The van der Waals surface area contributed by atoms with Crippen molar-refractivity contribution in [3.8, 4) is 17.1 Å². The zero-order valence-corrected chi connectivity index (χ0v) is 18.6. The number of hydrogen-bond acceptors (Lipinski definition) is 6. The molecular weight excluding hydrogens is 414 g/mol. The Hall–Kier alpha value is -2.97. The van der Waals surface area contributed by atoms with Gasteiger partial charge in [0, 0.05) is 36.4 Å². The molecule has 3 aromatic rings. The van der Waals surface area contributed by atoms with E-state index in [0.29, 0.717) is 34.8 Å². The van der Waals surface area contributed by atoms with E-state index in [1.54, 1.807) is 42.7 Å². The minimum atomic E-state index is -3.83. The SMILES string of the molecule is COc1ccc(N2C[C@@H](C)N[C@@H](C)C2)cc1NS(=O)(=O)c1cccc(-c2ccco2)c1. The largest absolute Gasteiger partial charge is 0.495 e. The first-order chi connectivity index (χ1) is 14.9. The van der Waals surface area contributed by atoms with Crippen LogP contribution in [0.25, 0.3) is 11.3 Å². The van der Waals surface area contributed by atoms with E-state index < -0.39 is 10.0 Å². The van der Waals surface area contributed by atoms with E-state index in [0.717, 1.165) is 18.8 Å². The van der Waals surface area contributed by atoms with Gasteiger partial charge in [0.05, 0.1) is 24.0 Å². The lowest BCUT2D eigenvalue weighted by Crippen LogP contribution is -2.54. The smallest absolute Gasteiger partial charge is 0.262 e. The molecule has 2 N–H and O–H groups in total. The Morgan fingerprint density at radius 2 is 1.84 bits per heavy atom. The predicted octanol–water partition coefficient (Wildman–Crippen LogP) is 3.94. The van der Waals surface area contributed by atoms with E-state index in [1.807, 2.05) is 18.2 Å². The van der Waals surface area contributed by atoms with Crippen molar-refractivity contribution in [1.82, 2.24) is 5.32 Å². The van der Waals surface area contributed by atoms with Crippen LogP contribution in [-0.2, 0) is 10.0 Å². The first kappa shape index (κ1) is 21.3. The van der Waals surface area contributed by atoms with Crippen LogP contribution >= 0.6 is 0 Å². The van der Waals surface area contributed by atoms with Crippen LogP contribution in [0.1, 0.15) is 13.8 Å². The number of sulfonamides is 1. The third kappa shape index (κ3) is 4.70. The fraction of sp³-hybridized carbons (Fsp3) is 0.304. The van der Waals surface area contributed by atoms with E-state index in [1.165, 1.54) is 7.11 Å². The molecule has 0 bridgehead atoms. The molecule has 164 valence electrons. The molecule has 1 aliphatic rings. The maximum Gasteiger partial charge on any atom is 0.262 e. The van der Waals surface area contributed by atoms with Crippen molar-refractivity contribution in [2.24, 2.45) is 0 Å². The third-order valence-electron chi connectivity index (χ3n) is 5.30. The normalized spacial score (nSPS) is 19.3. The summed E-state index contributed by atoms with van der Waals surface area (Å²) in [5.74, 6) is 1.07. The van der Waals surface area contributed by atoms with Crippen molar-refractivity contribution in [2.45, 2.75) is 30.8 Å². The number of piperazine rings is 1. The van der Waals surface area contributed by atoms with Crippen LogP contribution in [0.3, 0.4) is 0 Å². The fourth-order valence-electron chi connectivity index (χ4n) is 3.97. The number of furan rings is 1. The number of rotatable bonds is 6. The summed E-state index contributed by atoms with van der Waals surface area (Å²) in [6, 6.07) is 16.5. The summed E-state index contributed by atoms with van der Waals surface area (Å²) in [4.78, 5) is 2.40. The van der Waals surface area contributed by atoms with Gasteiger partial charge in [-0.1, -0.05) is 12.1 Å². The zero-order chi connectivity index (χ0) is 22.0. The molecule has 4 rings (SSSR count). The van der Waals surface area contributed by atoms with Gasteiger partial charge in [0.25, 0.3) is 10.0 Å². The zero-order valence-electron chi connectivity index (χ0n) is 17.8. The van der Waals surface area contributed by atoms with E-state index >= 15 is 0 Å². The van der Waals surface area contributed by atoms with Gasteiger partial charge in [-0.15, -0.1) is 0 Å². The van der Waals surface area contributed by atoms with Crippen LogP contribution in [0.5, 0.6) is 5.75 Å². The molecule has 1 saturated heterocycles. The van der Waals surface area contributed by atoms with Crippen molar-refractivity contribution in [3.05, 3.63) is 60.9 Å². The summed E-state index contributed by atoms with van der Waals surface area (Å²) < 4.78 is 39.8. The standard InChI is InChI=1S/C23H27N3O4S/c1-16-14-26(15-17(2)24-16)19-9-10-23(29-3)21(13-19)25-31(27,28)20-7-4-6-18(12-20)22-8-5-11-30-22/h4-13,16-17,24-25H,14-15H2,1-3H3/t16-,17+. The lowest BCUT2D eigenvalue weighted by Gasteiger charge is -2.38. The highest BCUT2D eigenvalue weighted by Crippen LogP contribution is 2.33. The van der Waals surface area contributed by atoms with Crippen LogP contribution in [0.15, 0.2) is 70.2 Å². The highest BCUT2D eigenvalue weighted by Gasteiger charge is 2.23. The minimum Gasteiger partial charge on any atom is -0.495 e. The molecule has 1 aliphatic heterocycles. The van der Waals surface area contributed by atoms with Crippen molar-refractivity contribution < 1.29 is 17.6 Å². The van der Waals surface area contributed by atoms with E-state index in [4.69, 9.17) is 9.15 Å². The second-order valence-corrected chi connectivity index (χ2v) is 9.55. The monoisotopic (exact) mass is 441 g/mol. The highest BCUT2D eigenvalue weighted by molar-refractivity contribution is 7.92. The molecule has 1 fully saturated rings. The molecule has 8 heteroatoms. The quantitative estimate of drug-likeness (QED) is 0.603. The number of ether oxygens (including phenoxy) is 1. The first-order valence-corrected chi connectivity index (χ1v) is 11.7. The summed E-state index contributed by atoms with van der Waals surface area (Å²) in [5, 5.41) is 3.51. The average Bonchev–Trinajstić information content (AvgIpc) is 3.28. The second kappa shape index (κ2) is 8.64. The minimum absolute atomic E-state index is 0.151. The molecule has 0 radical (unpaired) electrons. The number of anilines is 2. The van der Waals surface area contributed by atoms with Crippen LogP contribution in [0.2, 0.25) is 0 Å². The number of hydrogen-bond donors (Lipinski definition) is 2. The van der Waals surface area contributed by atoms with Gasteiger partial charge in [-0.05, 0) is 56.3 Å². The maximum atomic E-state index is 13.2. The van der Waals surface area contributed by atoms with Crippen molar-refractivity contribution in [2.75, 3.05) is 29.8 Å². The molecule has 2 heterocycles. The molecular formula is C23H27N3O4S. The first-order valence-electron chi connectivity index (χ1n) is 10.2. The van der Waals surface area contributed by atoms with Crippen LogP contribution in [0.4, 0.5) is 11.4 Å². The molecule has 0 unspecified atom stereocenters. The second-order valence-electron chi connectivity index (χ2n) is 7.87. The lowest BCUT2D eigenvalue weighted by atomic mass is 10.1. The van der Waals surface area contributed by atoms with Gasteiger partial charge >= 0.3 is 0 Å². The third-order valence-corrected chi connectivity index (χ3v) is 6.66. The molecule has 2 aromatic carbocycles. The van der Waals surface area contributed by atoms with Gasteiger partial charge in [-0.25, -0.2) is 8.42 Å². The summed E-state index contributed by atoms with van der Waals surface area (Å²) in [6.45, 7) is 5.96. The Morgan fingerprint density at radius 1 is 1.06 bits per heavy atom. The van der Waals surface area contributed by atoms with Crippen LogP contribution in [0, 0.1) is 0 Å². The molecule has 31 heavy (non-hydrogen) atoms. The molecule has 1 aromatic heterocycles. The Kier molecular flexibility index (Phi) is 5.93. The summed E-state index contributed by atoms with van der Waals surface area (Å²) in [6.07, 6.45) is 1.56. The van der Waals surface area contributed by atoms with Crippen LogP contribution in [-0.4, -0.2) is 40.7 Å². The van der Waals surface area contributed by atoms with Gasteiger partial charge in [-0.3, -0.25) is 4.72 Å². The van der Waals surface area contributed by atoms with E-state index in [9.17, 15) is 8.42 Å². The fourth-order valence-corrected chi connectivity index (χ4v) is 5.08. The molecule has 2 atom stereocenters. The molecule has 0 saturated carbocycles. The Bertz CT molecular complexity index is 1140. The average molecular weight is 442 g/mol. The summed E-state index contributed by atoms with van der Waals surface area (Å²) >= 11 is 0. The number of methoxy groups -OCH3 is 1. The van der Waals surface area contributed by atoms with Crippen molar-refractivity contribution in [1.29, 1.82) is 0 Å². The van der Waals surface area contributed by atoms with Gasteiger partial charge in [0.2, 0.25) is 0 Å². The lowest BCUT2D eigenvalue weighted by molar-refractivity contribution is 0.406. The Labute approximate surface area is 183 Å². The van der Waals surface area contributed by atoms with Crippen LogP contribution < -0.4 is 19.7 Å². The highest BCUT2D eigenvalue weighted by atomic mass is 32.2. The van der Waals surface area contributed by atoms with E-state index in [2.05, 4.69) is 28.8 Å². The number of nitrogens with zero attached hydrogens (tertiary/aromatic N) is 1. The Balaban J connectivity index is 1.64. The summed E-state index contributed by atoms with van der Waals surface area (Å²) in [7, 11) is -2.30. The Morgan fingerprint density at radius 3 is 2.52 bits per heavy atom. The number of benzene rings is 2. The topological polar surface area (TPSA) is 83.8 Å². The predicted molar refractivity (Wildman–Crippen MR) is 122 cm³/mol. The van der Waals surface area contributed by atoms with Gasteiger partial charge in [0.1, 0.15) is 11.5 Å².